The summed E-state index contributed by atoms with van der Waals surface area (Å²) in [6, 6.07) is 0.756. The Bertz CT molecular complexity index is 778. The number of benzene rings is 1. The van der Waals surface area contributed by atoms with Gasteiger partial charge in [0.15, 0.2) is 15.7 Å². The number of hydrogen-bond donors (Lipinski definition) is 1. The van der Waals surface area contributed by atoms with Gasteiger partial charge in [-0.15, -0.1) is 0 Å². The molecule has 21 heavy (non-hydrogen) atoms. The van der Waals surface area contributed by atoms with Crippen LogP contribution in [-0.2, 0) is 19.9 Å². The minimum Gasteiger partial charge on any atom is -0.394 e. The second-order valence-electron chi connectivity index (χ2n) is 4.85. The fraction of sp³-hybridized carbons (Fsp3) is 0.455. The number of anilines is 1. The van der Waals surface area contributed by atoms with Crippen molar-refractivity contribution in [2.24, 2.45) is 0 Å². The zero-order valence-corrected chi connectivity index (χ0v) is 12.7. The molecule has 2 rings (SSSR count). The van der Waals surface area contributed by atoms with E-state index in [1.807, 2.05) is 0 Å². The van der Waals surface area contributed by atoms with E-state index < -0.39 is 48.1 Å². The van der Waals surface area contributed by atoms with Gasteiger partial charge in [0.05, 0.1) is 11.5 Å². The summed E-state index contributed by atoms with van der Waals surface area (Å²) in [7, 11) is -6.42. The van der Waals surface area contributed by atoms with Crippen LogP contribution >= 0.6 is 0 Å². The van der Waals surface area contributed by atoms with E-state index >= 15 is 0 Å². The number of nitrogen functional groups attached to an aromatic ring is 1. The van der Waals surface area contributed by atoms with Crippen molar-refractivity contribution in [2.75, 3.05) is 24.3 Å². The van der Waals surface area contributed by atoms with Crippen LogP contribution in [0.4, 0.5) is 14.5 Å². The van der Waals surface area contributed by atoms with E-state index in [0.29, 0.717) is 0 Å². The summed E-state index contributed by atoms with van der Waals surface area (Å²) in [5.41, 5.74) is 4.26. The second-order valence-corrected chi connectivity index (χ2v) is 9.05. The van der Waals surface area contributed by atoms with Crippen LogP contribution < -0.4 is 5.73 Å². The summed E-state index contributed by atoms with van der Waals surface area (Å²) in [5.74, 6) is -2.87. The summed E-state index contributed by atoms with van der Waals surface area (Å²) < 4.78 is 75.2. The highest BCUT2D eigenvalue weighted by Crippen LogP contribution is 2.28. The Hall–Kier alpha value is -1.26. The molecule has 2 N–H and O–H groups in total. The van der Waals surface area contributed by atoms with Crippen LogP contribution in [0.5, 0.6) is 0 Å². The number of halogens is 2. The highest BCUT2D eigenvalue weighted by atomic mass is 32.2. The molecule has 1 aromatic carbocycles. The molecule has 1 heterocycles. The Labute approximate surface area is 121 Å². The van der Waals surface area contributed by atoms with Crippen molar-refractivity contribution in [1.29, 1.82) is 0 Å². The number of sulfonamides is 1. The Morgan fingerprint density at radius 2 is 1.95 bits per heavy atom. The van der Waals surface area contributed by atoms with Crippen molar-refractivity contribution in [1.82, 2.24) is 4.31 Å². The maximum absolute atomic E-state index is 13.9. The molecular formula is C11H14F2N2O4S2. The van der Waals surface area contributed by atoms with Crippen LogP contribution in [0.25, 0.3) is 0 Å². The van der Waals surface area contributed by atoms with Crippen LogP contribution in [0, 0.1) is 11.6 Å². The van der Waals surface area contributed by atoms with E-state index in [1.54, 1.807) is 0 Å². The molecule has 118 valence electrons. The quantitative estimate of drug-likeness (QED) is 0.801. The maximum atomic E-state index is 13.9. The first kappa shape index (κ1) is 16.1. The first-order valence-corrected chi connectivity index (χ1v) is 9.24. The van der Waals surface area contributed by atoms with Crippen molar-refractivity contribution in [3.8, 4) is 0 Å². The Morgan fingerprint density at radius 1 is 1.33 bits per heavy atom. The van der Waals surface area contributed by atoms with Gasteiger partial charge in [0.1, 0.15) is 16.4 Å². The number of nitrogens with two attached hydrogens (primary N) is 1. The topological polar surface area (TPSA) is 97.5 Å². The SMILES string of the molecule is CN(C1CCS(=O)(=O)C1)S(=O)(=O)c1ccc(F)c(N)c1F. The number of rotatable bonds is 3. The van der Waals surface area contributed by atoms with E-state index in [2.05, 4.69) is 0 Å². The number of nitrogens with zero attached hydrogens (tertiary/aromatic N) is 1. The van der Waals surface area contributed by atoms with Crippen molar-refractivity contribution in [3.05, 3.63) is 23.8 Å². The largest absolute Gasteiger partial charge is 0.394 e. The van der Waals surface area contributed by atoms with Gasteiger partial charge < -0.3 is 5.73 Å². The van der Waals surface area contributed by atoms with Gasteiger partial charge in [-0.1, -0.05) is 0 Å². The van der Waals surface area contributed by atoms with E-state index in [4.69, 9.17) is 5.73 Å². The first-order chi connectivity index (χ1) is 9.56. The van der Waals surface area contributed by atoms with Crippen molar-refractivity contribution < 1.29 is 25.6 Å². The zero-order valence-electron chi connectivity index (χ0n) is 11.1. The molecule has 10 heteroatoms. The van der Waals surface area contributed by atoms with E-state index in [-0.39, 0.29) is 17.9 Å². The predicted octanol–water partition coefficient (Wildman–Crippen LogP) is 0.355. The summed E-state index contributed by atoms with van der Waals surface area (Å²) in [4.78, 5) is -0.770. The molecule has 0 spiro atoms. The van der Waals surface area contributed by atoms with Crippen molar-refractivity contribution in [2.45, 2.75) is 17.4 Å². The second kappa shape index (κ2) is 5.18. The van der Waals surface area contributed by atoms with Gasteiger partial charge in [0.2, 0.25) is 10.0 Å². The Morgan fingerprint density at radius 3 is 2.48 bits per heavy atom. The van der Waals surface area contributed by atoms with Gasteiger partial charge in [-0.25, -0.2) is 25.6 Å². The van der Waals surface area contributed by atoms with Gasteiger partial charge in [-0.05, 0) is 18.6 Å². The monoisotopic (exact) mass is 340 g/mol. The van der Waals surface area contributed by atoms with E-state index in [0.717, 1.165) is 16.4 Å². The van der Waals surface area contributed by atoms with Crippen LogP contribution in [0.1, 0.15) is 6.42 Å². The molecule has 0 bridgehead atoms. The van der Waals surface area contributed by atoms with Gasteiger partial charge in [-0.3, -0.25) is 0 Å². The summed E-state index contributed by atoms with van der Waals surface area (Å²) >= 11 is 0. The average molecular weight is 340 g/mol. The maximum Gasteiger partial charge on any atom is 0.246 e. The normalized spacial score (nSPS) is 21.8. The molecule has 1 aliphatic rings. The third-order valence-electron chi connectivity index (χ3n) is 3.47. The minimum absolute atomic E-state index is 0.119. The minimum atomic E-state index is -4.30. The molecule has 1 fully saturated rings. The van der Waals surface area contributed by atoms with Gasteiger partial charge in [0.25, 0.3) is 0 Å². The van der Waals surface area contributed by atoms with E-state index in [9.17, 15) is 25.6 Å². The molecule has 1 aromatic rings. The van der Waals surface area contributed by atoms with Gasteiger partial charge in [-0.2, -0.15) is 4.31 Å². The van der Waals surface area contributed by atoms with Crippen LogP contribution in [-0.4, -0.2) is 45.7 Å². The summed E-state index contributed by atoms with van der Waals surface area (Å²) in [6.07, 6.45) is 0.135. The third kappa shape index (κ3) is 2.87. The lowest BCUT2D eigenvalue weighted by Crippen LogP contribution is -2.38. The molecule has 0 amide bonds. The van der Waals surface area contributed by atoms with Crippen molar-refractivity contribution >= 4 is 25.5 Å². The van der Waals surface area contributed by atoms with E-state index in [1.165, 1.54) is 7.05 Å². The molecular weight excluding hydrogens is 326 g/mol. The van der Waals surface area contributed by atoms with Gasteiger partial charge >= 0.3 is 0 Å². The fourth-order valence-corrected chi connectivity index (χ4v) is 5.49. The number of hydrogen-bond acceptors (Lipinski definition) is 5. The zero-order chi connectivity index (χ0) is 16.0. The fourth-order valence-electron chi connectivity index (χ4n) is 2.16. The highest BCUT2D eigenvalue weighted by Gasteiger charge is 2.37. The molecule has 0 radical (unpaired) electrons. The lowest BCUT2D eigenvalue weighted by Gasteiger charge is -2.23. The van der Waals surface area contributed by atoms with Crippen molar-refractivity contribution in [3.63, 3.8) is 0 Å². The average Bonchev–Trinajstić information content (AvgIpc) is 2.75. The van der Waals surface area contributed by atoms with Crippen LogP contribution in [0.2, 0.25) is 0 Å². The highest BCUT2D eigenvalue weighted by molar-refractivity contribution is 7.92. The molecule has 1 saturated heterocycles. The lowest BCUT2D eigenvalue weighted by atomic mass is 10.3. The van der Waals surface area contributed by atoms with Crippen LogP contribution in [0.15, 0.2) is 17.0 Å². The number of sulfone groups is 1. The standard InChI is InChI=1S/C11H14F2N2O4S2/c1-15(7-4-5-20(16,17)6-7)21(18,19)9-3-2-8(12)11(14)10(9)13/h2-3,7H,4-6,14H2,1H3. The third-order valence-corrected chi connectivity index (χ3v) is 7.15. The molecule has 1 unspecified atom stereocenters. The molecule has 1 aliphatic heterocycles. The molecule has 0 saturated carbocycles. The first-order valence-electron chi connectivity index (χ1n) is 5.98. The molecule has 0 aliphatic carbocycles. The predicted molar refractivity (Wildman–Crippen MR) is 72.8 cm³/mol. The molecule has 0 aromatic heterocycles. The lowest BCUT2D eigenvalue weighted by molar-refractivity contribution is 0.391. The molecule has 1 atom stereocenters. The molecule has 6 nitrogen and oxygen atoms in total. The van der Waals surface area contributed by atoms with Gasteiger partial charge in [0, 0.05) is 13.1 Å². The smallest absolute Gasteiger partial charge is 0.246 e. The Kier molecular flexibility index (Phi) is 3.98. The summed E-state index contributed by atoms with van der Waals surface area (Å²) in [6.45, 7) is 0. The Balaban J connectivity index is 2.41. The van der Waals surface area contributed by atoms with Crippen LogP contribution in [0.3, 0.4) is 0 Å². The summed E-state index contributed by atoms with van der Waals surface area (Å²) in [5, 5.41) is 0.